The molecule has 2 rings (SSSR count). The van der Waals surface area contributed by atoms with Crippen LogP contribution in [-0.2, 0) is 6.42 Å². The molecule has 88 valence electrons. The van der Waals surface area contributed by atoms with Crippen molar-refractivity contribution in [2.75, 3.05) is 6.61 Å². The lowest BCUT2D eigenvalue weighted by Crippen LogP contribution is -2.00. The minimum absolute atomic E-state index is 0.125. The van der Waals surface area contributed by atoms with E-state index in [0.717, 1.165) is 5.56 Å². The van der Waals surface area contributed by atoms with Gasteiger partial charge in [0.15, 0.2) is 5.82 Å². The van der Waals surface area contributed by atoms with Gasteiger partial charge in [0.1, 0.15) is 0 Å². The van der Waals surface area contributed by atoms with E-state index in [1.54, 1.807) is 6.20 Å². The van der Waals surface area contributed by atoms with Crippen molar-refractivity contribution in [3.8, 4) is 11.3 Å². The molecule has 0 unspecified atom stereocenters. The number of halogens is 1. The third-order valence-electron chi connectivity index (χ3n) is 2.31. The summed E-state index contributed by atoms with van der Waals surface area (Å²) >= 11 is 6.09. The fourth-order valence-electron chi connectivity index (χ4n) is 1.48. The van der Waals surface area contributed by atoms with Gasteiger partial charge in [0.05, 0.1) is 16.9 Å². The molecule has 17 heavy (non-hydrogen) atoms. The predicted octanol–water partition coefficient (Wildman–Crippen LogP) is 2.12. The zero-order chi connectivity index (χ0) is 12.1. The van der Waals surface area contributed by atoms with Crippen molar-refractivity contribution in [2.45, 2.75) is 12.8 Å². The van der Waals surface area contributed by atoms with E-state index in [1.165, 1.54) is 0 Å². The highest BCUT2D eigenvalue weighted by atomic mass is 35.5. The van der Waals surface area contributed by atoms with Gasteiger partial charge < -0.3 is 5.11 Å². The molecular formula is C12H12ClN3O. The van der Waals surface area contributed by atoms with Crippen molar-refractivity contribution in [3.05, 3.63) is 41.3 Å². The van der Waals surface area contributed by atoms with Gasteiger partial charge in [-0.25, -0.2) is 4.98 Å². The molecule has 0 amide bonds. The normalized spacial score (nSPS) is 10.5. The maximum Gasteiger partial charge on any atom is 0.151 e. The molecule has 1 N–H and O–H groups in total. The number of nitrogens with zero attached hydrogens (tertiary/aromatic N) is 3. The number of rotatable bonds is 4. The maximum absolute atomic E-state index is 8.76. The zero-order valence-corrected chi connectivity index (χ0v) is 9.93. The van der Waals surface area contributed by atoms with E-state index < -0.39 is 0 Å². The molecule has 5 heteroatoms. The van der Waals surface area contributed by atoms with Crippen LogP contribution in [0.2, 0.25) is 5.02 Å². The van der Waals surface area contributed by atoms with Crippen LogP contribution >= 0.6 is 11.6 Å². The van der Waals surface area contributed by atoms with Crippen molar-refractivity contribution in [1.82, 2.24) is 15.2 Å². The van der Waals surface area contributed by atoms with Crippen LogP contribution in [0.5, 0.6) is 0 Å². The van der Waals surface area contributed by atoms with Crippen LogP contribution < -0.4 is 0 Å². The molecule has 0 fully saturated rings. The molecule has 0 aliphatic carbocycles. The van der Waals surface area contributed by atoms with Gasteiger partial charge in [-0.05, 0) is 12.5 Å². The molecule has 0 saturated heterocycles. The maximum atomic E-state index is 8.76. The first kappa shape index (κ1) is 12.0. The second-order valence-electron chi connectivity index (χ2n) is 3.56. The highest BCUT2D eigenvalue weighted by Gasteiger charge is 2.06. The number of aliphatic hydroxyl groups is 1. The minimum atomic E-state index is 0.125. The monoisotopic (exact) mass is 249 g/mol. The van der Waals surface area contributed by atoms with Gasteiger partial charge in [-0.1, -0.05) is 29.8 Å². The molecule has 1 aromatic heterocycles. The Morgan fingerprint density at radius 1 is 1.24 bits per heavy atom. The molecule has 4 nitrogen and oxygen atoms in total. The van der Waals surface area contributed by atoms with Crippen LogP contribution in [0.3, 0.4) is 0 Å². The summed E-state index contributed by atoms with van der Waals surface area (Å²) in [6.07, 6.45) is 2.83. The Morgan fingerprint density at radius 2 is 2.06 bits per heavy atom. The van der Waals surface area contributed by atoms with E-state index in [-0.39, 0.29) is 6.61 Å². The molecule has 2 aromatic rings. The van der Waals surface area contributed by atoms with E-state index in [1.807, 2.05) is 24.3 Å². The van der Waals surface area contributed by atoms with Gasteiger partial charge in [-0.2, -0.15) is 5.10 Å². The molecule has 0 radical (unpaired) electrons. The van der Waals surface area contributed by atoms with Crippen LogP contribution in [0.25, 0.3) is 11.3 Å². The van der Waals surface area contributed by atoms with Gasteiger partial charge in [-0.15, -0.1) is 5.10 Å². The van der Waals surface area contributed by atoms with Crippen LogP contribution in [0, 0.1) is 0 Å². The quantitative estimate of drug-likeness (QED) is 0.902. The van der Waals surface area contributed by atoms with Gasteiger partial charge in [0.25, 0.3) is 0 Å². The van der Waals surface area contributed by atoms with Crippen molar-refractivity contribution in [1.29, 1.82) is 0 Å². The van der Waals surface area contributed by atoms with Crippen LogP contribution in [0.4, 0.5) is 0 Å². The summed E-state index contributed by atoms with van der Waals surface area (Å²) in [6, 6.07) is 7.47. The first-order valence-electron chi connectivity index (χ1n) is 5.35. The van der Waals surface area contributed by atoms with E-state index in [4.69, 9.17) is 16.7 Å². The SMILES string of the molecule is OCCCc1nncc(-c2ccccc2Cl)n1. The highest BCUT2D eigenvalue weighted by Crippen LogP contribution is 2.24. The summed E-state index contributed by atoms with van der Waals surface area (Å²) in [7, 11) is 0. The van der Waals surface area contributed by atoms with Crippen molar-refractivity contribution in [3.63, 3.8) is 0 Å². The Labute approximate surface area is 104 Å². The number of aryl methyl sites for hydroxylation is 1. The largest absolute Gasteiger partial charge is 0.396 e. The molecule has 1 heterocycles. The third-order valence-corrected chi connectivity index (χ3v) is 2.64. The van der Waals surface area contributed by atoms with Crippen molar-refractivity contribution >= 4 is 11.6 Å². The molecule has 0 aliphatic heterocycles. The minimum Gasteiger partial charge on any atom is -0.396 e. The average molecular weight is 250 g/mol. The Bertz CT molecular complexity index is 505. The number of benzene rings is 1. The van der Waals surface area contributed by atoms with Gasteiger partial charge >= 0.3 is 0 Å². The third kappa shape index (κ3) is 2.99. The summed E-state index contributed by atoms with van der Waals surface area (Å²) < 4.78 is 0. The summed E-state index contributed by atoms with van der Waals surface area (Å²) in [6.45, 7) is 0.125. The second kappa shape index (κ2) is 5.70. The average Bonchev–Trinajstić information content (AvgIpc) is 2.37. The fraction of sp³-hybridized carbons (Fsp3) is 0.250. The van der Waals surface area contributed by atoms with Gasteiger partial charge in [-0.3, -0.25) is 0 Å². The number of hydrogen-bond acceptors (Lipinski definition) is 4. The first-order chi connectivity index (χ1) is 8.31. The molecule has 0 atom stereocenters. The van der Waals surface area contributed by atoms with Gasteiger partial charge in [0.2, 0.25) is 0 Å². The summed E-state index contributed by atoms with van der Waals surface area (Å²) in [5, 5.41) is 17.2. The standard InChI is InChI=1S/C12H12ClN3O/c13-10-5-2-1-4-9(10)11-8-14-16-12(15-11)6-3-7-17/h1-2,4-5,8,17H,3,6-7H2. The topological polar surface area (TPSA) is 58.9 Å². The zero-order valence-electron chi connectivity index (χ0n) is 9.17. The molecular weight excluding hydrogens is 238 g/mol. The fourth-order valence-corrected chi connectivity index (χ4v) is 1.71. The first-order valence-corrected chi connectivity index (χ1v) is 5.73. The van der Waals surface area contributed by atoms with Crippen molar-refractivity contribution in [2.24, 2.45) is 0 Å². The molecule has 0 spiro atoms. The van der Waals surface area contributed by atoms with Crippen molar-refractivity contribution < 1.29 is 5.11 Å². The van der Waals surface area contributed by atoms with E-state index in [9.17, 15) is 0 Å². The predicted molar refractivity (Wildman–Crippen MR) is 65.7 cm³/mol. The summed E-state index contributed by atoms with van der Waals surface area (Å²) in [5.41, 5.74) is 1.55. The summed E-state index contributed by atoms with van der Waals surface area (Å²) in [4.78, 5) is 4.37. The Hall–Kier alpha value is -1.52. The van der Waals surface area contributed by atoms with E-state index >= 15 is 0 Å². The molecule has 0 aliphatic rings. The Kier molecular flexibility index (Phi) is 4.01. The Balaban J connectivity index is 2.30. The second-order valence-corrected chi connectivity index (χ2v) is 3.97. The molecule has 1 aromatic carbocycles. The smallest absolute Gasteiger partial charge is 0.151 e. The molecule has 0 bridgehead atoms. The number of hydrogen-bond donors (Lipinski definition) is 1. The van der Waals surface area contributed by atoms with E-state index in [0.29, 0.717) is 29.4 Å². The van der Waals surface area contributed by atoms with Crippen LogP contribution in [0.15, 0.2) is 30.5 Å². The lowest BCUT2D eigenvalue weighted by atomic mass is 10.1. The lowest BCUT2D eigenvalue weighted by molar-refractivity contribution is 0.287. The van der Waals surface area contributed by atoms with E-state index in [2.05, 4.69) is 15.2 Å². The highest BCUT2D eigenvalue weighted by molar-refractivity contribution is 6.33. The van der Waals surface area contributed by atoms with Crippen LogP contribution in [-0.4, -0.2) is 26.9 Å². The molecule has 0 saturated carbocycles. The summed E-state index contributed by atoms with van der Waals surface area (Å²) in [5.74, 6) is 0.622. The number of aliphatic hydroxyl groups excluding tert-OH is 1. The number of aromatic nitrogens is 3. The lowest BCUT2D eigenvalue weighted by Gasteiger charge is -2.04. The van der Waals surface area contributed by atoms with Crippen LogP contribution in [0.1, 0.15) is 12.2 Å². The Morgan fingerprint density at radius 3 is 2.82 bits per heavy atom. The van der Waals surface area contributed by atoms with Gasteiger partial charge in [0, 0.05) is 18.6 Å².